The summed E-state index contributed by atoms with van der Waals surface area (Å²) in [4.78, 5) is 0. The van der Waals surface area contributed by atoms with Gasteiger partial charge in [0.25, 0.3) is 0 Å². The quantitative estimate of drug-likeness (QED) is 0.745. The first-order valence-electron chi connectivity index (χ1n) is 3.82. The van der Waals surface area contributed by atoms with Gasteiger partial charge in [0.1, 0.15) is 18.2 Å². The highest BCUT2D eigenvalue weighted by atomic mass is 19.1. The summed E-state index contributed by atoms with van der Waals surface area (Å²) >= 11 is 0. The molecule has 0 radical (unpaired) electrons. The maximum absolute atomic E-state index is 12.6. The van der Waals surface area contributed by atoms with Crippen LogP contribution in [0.25, 0.3) is 0 Å². The minimum atomic E-state index is -0.294. The van der Waals surface area contributed by atoms with Crippen LogP contribution in [0.3, 0.4) is 0 Å². The molecule has 2 nitrogen and oxygen atoms in total. The molecule has 66 valence electrons. The van der Waals surface area contributed by atoms with Crippen LogP contribution in [0, 0.1) is 5.82 Å². The van der Waals surface area contributed by atoms with Crippen molar-refractivity contribution in [1.82, 2.24) is 0 Å². The number of ether oxygens (including phenoxy) is 1. The molecule has 0 amide bonds. The normalized spacial score (nSPS) is 12.6. The lowest BCUT2D eigenvalue weighted by atomic mass is 10.3. The Labute approximate surface area is 71.1 Å². The van der Waals surface area contributed by atoms with E-state index in [1.807, 2.05) is 6.92 Å². The molecule has 1 aromatic carbocycles. The number of nitrogens with two attached hydrogens (primary N) is 1. The molecule has 12 heavy (non-hydrogen) atoms. The number of hydrogen-bond donors (Lipinski definition) is 1. The van der Waals surface area contributed by atoms with Crippen molar-refractivity contribution in [3.8, 4) is 5.75 Å². The molecule has 3 heteroatoms. The van der Waals surface area contributed by atoms with Crippen molar-refractivity contribution in [3.63, 3.8) is 0 Å². The van der Waals surface area contributed by atoms with E-state index in [1.54, 1.807) is 12.1 Å². The monoisotopic (exact) mass is 169 g/mol. The summed E-state index contributed by atoms with van der Waals surface area (Å²) in [5, 5.41) is 0. The fraction of sp³-hybridized carbons (Fsp3) is 0.333. The van der Waals surface area contributed by atoms with Crippen molar-refractivity contribution in [2.45, 2.75) is 13.0 Å². The van der Waals surface area contributed by atoms with Gasteiger partial charge >= 0.3 is 0 Å². The van der Waals surface area contributed by atoms with Crippen LogP contribution in [0.4, 0.5) is 4.39 Å². The number of benzene rings is 1. The average molecular weight is 169 g/mol. The third kappa shape index (κ3) is 2.88. The fourth-order valence-electron chi connectivity index (χ4n) is 0.784. The Bertz CT molecular complexity index is 250. The summed E-state index contributed by atoms with van der Waals surface area (Å²) < 4.78 is 17.8. The van der Waals surface area contributed by atoms with E-state index in [4.69, 9.17) is 10.5 Å². The van der Waals surface area contributed by atoms with E-state index in [-0.39, 0.29) is 11.9 Å². The van der Waals surface area contributed by atoms with Crippen LogP contribution < -0.4 is 10.5 Å². The van der Waals surface area contributed by atoms with E-state index in [0.717, 1.165) is 0 Å². The Morgan fingerprint density at radius 3 is 2.92 bits per heavy atom. The highest BCUT2D eigenvalue weighted by molar-refractivity contribution is 5.22. The van der Waals surface area contributed by atoms with E-state index in [1.165, 1.54) is 12.1 Å². The maximum Gasteiger partial charge on any atom is 0.126 e. The molecule has 0 saturated heterocycles. The minimum Gasteiger partial charge on any atom is -0.492 e. The highest BCUT2D eigenvalue weighted by Crippen LogP contribution is 2.11. The van der Waals surface area contributed by atoms with Crippen LogP contribution in [0.2, 0.25) is 0 Å². The summed E-state index contributed by atoms with van der Waals surface area (Å²) in [6.45, 7) is 2.24. The molecule has 0 fully saturated rings. The molecular formula is C9H12FNO. The van der Waals surface area contributed by atoms with E-state index in [9.17, 15) is 4.39 Å². The molecule has 1 atom stereocenters. The van der Waals surface area contributed by atoms with Crippen LogP contribution in [0.15, 0.2) is 24.3 Å². The maximum atomic E-state index is 12.6. The molecule has 2 N–H and O–H groups in total. The van der Waals surface area contributed by atoms with Crippen molar-refractivity contribution in [3.05, 3.63) is 30.1 Å². The Morgan fingerprint density at radius 2 is 2.33 bits per heavy atom. The Balaban J connectivity index is 2.52. The zero-order chi connectivity index (χ0) is 8.97. The number of halogens is 1. The van der Waals surface area contributed by atoms with Gasteiger partial charge in [0, 0.05) is 12.1 Å². The van der Waals surface area contributed by atoms with Crippen molar-refractivity contribution >= 4 is 0 Å². The molecule has 0 heterocycles. The number of hydrogen-bond acceptors (Lipinski definition) is 2. The summed E-state index contributed by atoms with van der Waals surface area (Å²) in [7, 11) is 0. The molecule has 0 aliphatic rings. The number of rotatable bonds is 3. The molecular weight excluding hydrogens is 157 g/mol. The van der Waals surface area contributed by atoms with Crippen LogP contribution >= 0.6 is 0 Å². The van der Waals surface area contributed by atoms with Gasteiger partial charge in [-0.2, -0.15) is 0 Å². The van der Waals surface area contributed by atoms with Crippen LogP contribution in [-0.2, 0) is 0 Å². The van der Waals surface area contributed by atoms with Crippen LogP contribution in [-0.4, -0.2) is 12.6 Å². The third-order valence-corrected chi connectivity index (χ3v) is 1.31. The molecule has 1 rings (SSSR count). The van der Waals surface area contributed by atoms with Gasteiger partial charge in [-0.25, -0.2) is 4.39 Å². The van der Waals surface area contributed by atoms with E-state index < -0.39 is 0 Å². The first-order valence-corrected chi connectivity index (χ1v) is 3.82. The van der Waals surface area contributed by atoms with Gasteiger partial charge < -0.3 is 10.5 Å². The predicted octanol–water partition coefficient (Wildman–Crippen LogP) is 1.55. The molecule has 0 spiro atoms. The molecule has 1 aromatic rings. The lowest BCUT2D eigenvalue weighted by molar-refractivity contribution is 0.295. The average Bonchev–Trinajstić information content (AvgIpc) is 2.01. The van der Waals surface area contributed by atoms with Gasteiger partial charge in [0.2, 0.25) is 0 Å². The first kappa shape index (κ1) is 9.00. The molecule has 0 saturated carbocycles. The van der Waals surface area contributed by atoms with Crippen LogP contribution in [0.1, 0.15) is 6.92 Å². The van der Waals surface area contributed by atoms with E-state index >= 15 is 0 Å². The Kier molecular flexibility index (Phi) is 3.05. The largest absolute Gasteiger partial charge is 0.492 e. The van der Waals surface area contributed by atoms with Gasteiger partial charge in [-0.05, 0) is 19.1 Å². The van der Waals surface area contributed by atoms with Crippen molar-refractivity contribution in [2.75, 3.05) is 6.61 Å². The molecule has 0 aliphatic heterocycles. The summed E-state index contributed by atoms with van der Waals surface area (Å²) in [5.41, 5.74) is 5.46. The summed E-state index contributed by atoms with van der Waals surface area (Å²) in [6.07, 6.45) is 0. The van der Waals surface area contributed by atoms with Crippen LogP contribution in [0.5, 0.6) is 5.75 Å². The van der Waals surface area contributed by atoms with Gasteiger partial charge in [-0.1, -0.05) is 6.07 Å². The molecule has 0 aromatic heterocycles. The SMILES string of the molecule is C[C@@H](N)COc1cccc(F)c1. The predicted molar refractivity (Wildman–Crippen MR) is 45.5 cm³/mol. The fourth-order valence-corrected chi connectivity index (χ4v) is 0.784. The molecule has 0 bridgehead atoms. The van der Waals surface area contributed by atoms with Gasteiger partial charge in [0.15, 0.2) is 0 Å². The molecule has 0 unspecified atom stereocenters. The van der Waals surface area contributed by atoms with Crippen molar-refractivity contribution < 1.29 is 9.13 Å². The zero-order valence-electron chi connectivity index (χ0n) is 6.96. The molecule has 0 aliphatic carbocycles. The standard InChI is InChI=1S/C9H12FNO/c1-7(11)6-12-9-4-2-3-8(10)5-9/h2-5,7H,6,11H2,1H3/t7-/m1/s1. The van der Waals surface area contributed by atoms with E-state index in [0.29, 0.717) is 12.4 Å². The van der Waals surface area contributed by atoms with Crippen molar-refractivity contribution in [2.24, 2.45) is 5.73 Å². The zero-order valence-corrected chi connectivity index (χ0v) is 6.96. The summed E-state index contributed by atoms with van der Waals surface area (Å²) in [5.74, 6) is 0.226. The second kappa shape index (κ2) is 4.07. The second-order valence-electron chi connectivity index (χ2n) is 2.75. The van der Waals surface area contributed by atoms with E-state index in [2.05, 4.69) is 0 Å². The second-order valence-corrected chi connectivity index (χ2v) is 2.75. The Morgan fingerprint density at radius 1 is 1.58 bits per heavy atom. The first-order chi connectivity index (χ1) is 5.68. The van der Waals surface area contributed by atoms with Gasteiger partial charge in [0.05, 0.1) is 0 Å². The topological polar surface area (TPSA) is 35.2 Å². The third-order valence-electron chi connectivity index (χ3n) is 1.31. The van der Waals surface area contributed by atoms with Crippen molar-refractivity contribution in [1.29, 1.82) is 0 Å². The lowest BCUT2D eigenvalue weighted by Gasteiger charge is -2.07. The minimum absolute atomic E-state index is 0.0340. The van der Waals surface area contributed by atoms with Gasteiger partial charge in [-0.3, -0.25) is 0 Å². The summed E-state index contributed by atoms with van der Waals surface area (Å²) in [6, 6.07) is 5.98. The lowest BCUT2D eigenvalue weighted by Crippen LogP contribution is -2.23. The van der Waals surface area contributed by atoms with Gasteiger partial charge in [-0.15, -0.1) is 0 Å². The Hall–Kier alpha value is -1.09. The highest BCUT2D eigenvalue weighted by Gasteiger charge is 1.97. The smallest absolute Gasteiger partial charge is 0.126 e.